The van der Waals surface area contributed by atoms with Gasteiger partial charge in [-0.15, -0.1) is 0 Å². The molecule has 94 valence electrons. The molecule has 1 N–H and O–H groups in total. The van der Waals surface area contributed by atoms with Crippen LogP contribution < -0.4 is 10.1 Å². The number of ether oxygens (including phenoxy) is 1. The second-order valence-electron chi connectivity index (χ2n) is 4.96. The van der Waals surface area contributed by atoms with Gasteiger partial charge in [-0.3, -0.25) is 0 Å². The average Bonchev–Trinajstić information content (AvgIpc) is 3.09. The first-order chi connectivity index (χ1) is 8.21. The molecule has 0 amide bonds. The molecule has 4 heteroatoms. The summed E-state index contributed by atoms with van der Waals surface area (Å²) in [6, 6.07) is 0. The molecular weight excluding hydrogens is 214 g/mol. The van der Waals surface area contributed by atoms with Gasteiger partial charge in [0, 0.05) is 6.54 Å². The van der Waals surface area contributed by atoms with Crippen LogP contribution >= 0.6 is 0 Å². The lowest BCUT2D eigenvalue weighted by Gasteiger charge is -2.16. The van der Waals surface area contributed by atoms with Crippen molar-refractivity contribution in [3.63, 3.8) is 0 Å². The Bertz CT molecular complexity index is 388. The van der Waals surface area contributed by atoms with Gasteiger partial charge in [-0.1, -0.05) is 13.3 Å². The first-order valence-electron chi connectivity index (χ1n) is 6.30. The smallest absolute Gasteiger partial charge is 0.221 e. The Balaban J connectivity index is 1.99. The van der Waals surface area contributed by atoms with Gasteiger partial charge in [0.15, 0.2) is 0 Å². The van der Waals surface area contributed by atoms with E-state index in [0.29, 0.717) is 11.3 Å². The van der Waals surface area contributed by atoms with Crippen LogP contribution in [0.1, 0.15) is 38.2 Å². The minimum Gasteiger partial charge on any atom is -0.481 e. The van der Waals surface area contributed by atoms with Crippen LogP contribution in [0.2, 0.25) is 0 Å². The van der Waals surface area contributed by atoms with Crippen molar-refractivity contribution in [3.8, 4) is 5.88 Å². The molecule has 0 bridgehead atoms. The zero-order valence-electron chi connectivity index (χ0n) is 10.9. The SMILES string of the molecule is CCCC1(CNc2ncnc(OC)c2C)CC1. The molecule has 1 aromatic rings. The summed E-state index contributed by atoms with van der Waals surface area (Å²) in [6.45, 7) is 5.25. The Kier molecular flexibility index (Phi) is 3.50. The zero-order valence-corrected chi connectivity index (χ0v) is 10.9. The van der Waals surface area contributed by atoms with Gasteiger partial charge in [0.1, 0.15) is 12.1 Å². The lowest BCUT2D eigenvalue weighted by atomic mass is 10.0. The zero-order chi connectivity index (χ0) is 12.3. The monoisotopic (exact) mass is 235 g/mol. The molecule has 1 heterocycles. The molecule has 0 aromatic carbocycles. The van der Waals surface area contributed by atoms with Crippen molar-refractivity contribution < 1.29 is 4.74 Å². The molecule has 17 heavy (non-hydrogen) atoms. The van der Waals surface area contributed by atoms with E-state index in [9.17, 15) is 0 Å². The highest BCUT2D eigenvalue weighted by Gasteiger charge is 2.41. The van der Waals surface area contributed by atoms with E-state index in [2.05, 4.69) is 22.2 Å². The van der Waals surface area contributed by atoms with Crippen LogP contribution in [0.4, 0.5) is 5.82 Å². The molecule has 0 saturated heterocycles. The summed E-state index contributed by atoms with van der Waals surface area (Å²) in [5, 5.41) is 3.44. The number of hydrogen-bond donors (Lipinski definition) is 1. The third kappa shape index (κ3) is 2.68. The van der Waals surface area contributed by atoms with Crippen LogP contribution in [0.3, 0.4) is 0 Å². The third-order valence-corrected chi connectivity index (χ3v) is 3.60. The summed E-state index contributed by atoms with van der Waals surface area (Å²) in [7, 11) is 1.64. The van der Waals surface area contributed by atoms with E-state index in [1.807, 2.05) is 6.92 Å². The lowest BCUT2D eigenvalue weighted by molar-refractivity contribution is 0.393. The maximum absolute atomic E-state index is 5.19. The van der Waals surface area contributed by atoms with Crippen LogP contribution in [0.5, 0.6) is 5.88 Å². The van der Waals surface area contributed by atoms with Crippen molar-refractivity contribution in [3.05, 3.63) is 11.9 Å². The Hall–Kier alpha value is -1.32. The Morgan fingerprint density at radius 3 is 2.76 bits per heavy atom. The van der Waals surface area contributed by atoms with Gasteiger partial charge in [0.25, 0.3) is 0 Å². The van der Waals surface area contributed by atoms with E-state index >= 15 is 0 Å². The van der Waals surface area contributed by atoms with Gasteiger partial charge in [0.05, 0.1) is 12.7 Å². The van der Waals surface area contributed by atoms with E-state index in [-0.39, 0.29) is 0 Å². The Labute approximate surface area is 103 Å². The number of nitrogens with zero attached hydrogens (tertiary/aromatic N) is 2. The fraction of sp³-hybridized carbons (Fsp3) is 0.692. The molecule has 0 spiro atoms. The highest BCUT2D eigenvalue weighted by atomic mass is 16.5. The van der Waals surface area contributed by atoms with Crippen molar-refractivity contribution in [2.75, 3.05) is 19.0 Å². The fourth-order valence-corrected chi connectivity index (χ4v) is 2.31. The largest absolute Gasteiger partial charge is 0.481 e. The van der Waals surface area contributed by atoms with E-state index in [4.69, 9.17) is 4.74 Å². The van der Waals surface area contributed by atoms with E-state index in [0.717, 1.165) is 17.9 Å². The molecule has 0 atom stereocenters. The lowest BCUT2D eigenvalue weighted by Crippen LogP contribution is -2.16. The first kappa shape index (κ1) is 12.1. The summed E-state index contributed by atoms with van der Waals surface area (Å²) < 4.78 is 5.19. The van der Waals surface area contributed by atoms with Gasteiger partial charge in [-0.2, -0.15) is 0 Å². The molecule has 4 nitrogen and oxygen atoms in total. The van der Waals surface area contributed by atoms with Crippen LogP contribution in [0.25, 0.3) is 0 Å². The predicted molar refractivity (Wildman–Crippen MR) is 68.4 cm³/mol. The summed E-state index contributed by atoms with van der Waals surface area (Å²) in [5.41, 5.74) is 1.52. The van der Waals surface area contributed by atoms with E-state index in [1.165, 1.54) is 25.7 Å². The molecule has 1 aromatic heterocycles. The number of anilines is 1. The first-order valence-corrected chi connectivity index (χ1v) is 6.30. The fourth-order valence-electron chi connectivity index (χ4n) is 2.31. The van der Waals surface area contributed by atoms with Crippen molar-refractivity contribution in [2.24, 2.45) is 5.41 Å². The van der Waals surface area contributed by atoms with Crippen molar-refractivity contribution in [2.45, 2.75) is 39.5 Å². The molecule has 1 aliphatic carbocycles. The van der Waals surface area contributed by atoms with Crippen molar-refractivity contribution in [1.82, 2.24) is 9.97 Å². The number of rotatable bonds is 6. The van der Waals surface area contributed by atoms with Gasteiger partial charge in [-0.05, 0) is 31.6 Å². The van der Waals surface area contributed by atoms with Crippen LogP contribution in [0.15, 0.2) is 6.33 Å². The summed E-state index contributed by atoms with van der Waals surface area (Å²) in [5.74, 6) is 1.56. The summed E-state index contributed by atoms with van der Waals surface area (Å²) in [4.78, 5) is 8.36. The van der Waals surface area contributed by atoms with Crippen molar-refractivity contribution >= 4 is 5.82 Å². The van der Waals surface area contributed by atoms with Gasteiger partial charge in [-0.25, -0.2) is 9.97 Å². The highest BCUT2D eigenvalue weighted by Crippen LogP contribution is 2.49. The summed E-state index contributed by atoms with van der Waals surface area (Å²) >= 11 is 0. The van der Waals surface area contributed by atoms with Crippen LogP contribution in [-0.4, -0.2) is 23.6 Å². The van der Waals surface area contributed by atoms with Gasteiger partial charge < -0.3 is 10.1 Å². The number of hydrogen-bond acceptors (Lipinski definition) is 4. The van der Waals surface area contributed by atoms with Gasteiger partial charge >= 0.3 is 0 Å². The minimum absolute atomic E-state index is 0.527. The Morgan fingerprint density at radius 1 is 1.41 bits per heavy atom. The molecule has 1 aliphatic rings. The molecule has 0 unspecified atom stereocenters. The standard InChI is InChI=1S/C13H21N3O/c1-4-5-13(6-7-13)8-14-11-10(2)12(17-3)16-9-15-11/h9H,4-8H2,1-3H3,(H,14,15,16). The van der Waals surface area contributed by atoms with E-state index < -0.39 is 0 Å². The maximum atomic E-state index is 5.19. The van der Waals surface area contributed by atoms with Crippen molar-refractivity contribution in [1.29, 1.82) is 0 Å². The maximum Gasteiger partial charge on any atom is 0.221 e. The topological polar surface area (TPSA) is 47.0 Å². The molecule has 1 fully saturated rings. The van der Waals surface area contributed by atoms with Gasteiger partial charge in [0.2, 0.25) is 5.88 Å². The predicted octanol–water partition coefficient (Wildman–Crippen LogP) is 2.79. The molecular formula is C13H21N3O. The molecule has 0 aliphatic heterocycles. The average molecular weight is 235 g/mol. The normalized spacial score (nSPS) is 16.6. The summed E-state index contributed by atoms with van der Waals surface area (Å²) in [6.07, 6.45) is 6.80. The van der Waals surface area contributed by atoms with Crippen LogP contribution in [-0.2, 0) is 0 Å². The second-order valence-corrected chi connectivity index (χ2v) is 4.96. The second kappa shape index (κ2) is 4.90. The molecule has 2 rings (SSSR count). The molecule has 0 radical (unpaired) electrons. The highest BCUT2D eigenvalue weighted by molar-refractivity contribution is 5.47. The number of methoxy groups -OCH3 is 1. The molecule has 1 saturated carbocycles. The van der Waals surface area contributed by atoms with E-state index in [1.54, 1.807) is 13.4 Å². The quantitative estimate of drug-likeness (QED) is 0.823. The minimum atomic E-state index is 0.527. The van der Waals surface area contributed by atoms with Crippen LogP contribution in [0, 0.1) is 12.3 Å². The third-order valence-electron chi connectivity index (χ3n) is 3.60. The number of nitrogens with one attached hydrogen (secondary N) is 1. The Morgan fingerprint density at radius 2 is 2.18 bits per heavy atom. The number of aromatic nitrogens is 2.